The van der Waals surface area contributed by atoms with E-state index in [0.29, 0.717) is 46.8 Å². The fraction of sp³-hybridized carbons (Fsp3) is 0.667. The van der Waals surface area contributed by atoms with Crippen molar-refractivity contribution >= 4 is 35.3 Å². The van der Waals surface area contributed by atoms with Crippen LogP contribution in [0.4, 0.5) is 23.5 Å². The van der Waals surface area contributed by atoms with E-state index in [1.165, 1.54) is 6.42 Å². The van der Waals surface area contributed by atoms with E-state index in [2.05, 4.69) is 48.6 Å². The van der Waals surface area contributed by atoms with Crippen LogP contribution in [0.15, 0.2) is 18.2 Å². The maximum atomic E-state index is 13.1. The predicted molar refractivity (Wildman–Crippen MR) is 175 cm³/mol. The third-order valence-electron chi connectivity index (χ3n) is 9.11. The van der Waals surface area contributed by atoms with Gasteiger partial charge in [-0.3, -0.25) is 9.59 Å². The molecule has 4 rings (SSSR count). The second kappa shape index (κ2) is 15.5. The Labute approximate surface area is 262 Å². The number of carbonyl (C=O) groups is 2. The summed E-state index contributed by atoms with van der Waals surface area (Å²) in [6.45, 7) is 11.7. The highest BCUT2D eigenvalue weighted by atomic mass is 16.5. The summed E-state index contributed by atoms with van der Waals surface area (Å²) in [6, 6.07) is 5.14. The Morgan fingerprint density at radius 2 is 1.80 bits per heavy atom. The molecule has 11 heteroatoms. The molecule has 2 aliphatic rings. The molecule has 0 aliphatic heterocycles. The summed E-state index contributed by atoms with van der Waals surface area (Å²) in [5.74, 6) is 2.41. The van der Waals surface area contributed by atoms with Crippen LogP contribution in [0.25, 0.3) is 0 Å². The highest BCUT2D eigenvalue weighted by molar-refractivity contribution is 5.94. The Hall–Kier alpha value is -3.47. The number of aromatic nitrogens is 3. The van der Waals surface area contributed by atoms with E-state index in [1.54, 1.807) is 12.1 Å². The number of nitrogens with zero attached hydrogens (tertiary/aromatic N) is 4. The Kier molecular flexibility index (Phi) is 11.8. The quantitative estimate of drug-likeness (QED) is 0.241. The normalized spacial score (nSPS) is 23.7. The molecule has 242 valence electrons. The lowest BCUT2D eigenvalue weighted by atomic mass is 9.75. The van der Waals surface area contributed by atoms with Gasteiger partial charge < -0.3 is 31.3 Å². The topological polar surface area (TPSA) is 147 Å². The van der Waals surface area contributed by atoms with Crippen LogP contribution in [0.1, 0.15) is 95.0 Å². The lowest BCUT2D eigenvalue weighted by Crippen LogP contribution is -2.50. The number of anilines is 4. The first-order valence-electron chi connectivity index (χ1n) is 16.4. The first-order chi connectivity index (χ1) is 21.0. The van der Waals surface area contributed by atoms with E-state index in [4.69, 9.17) is 20.4 Å². The number of nitrogens with two attached hydrogens (primary N) is 1. The van der Waals surface area contributed by atoms with Gasteiger partial charge in [0.15, 0.2) is 0 Å². The molecule has 5 atom stereocenters. The van der Waals surface area contributed by atoms with Gasteiger partial charge in [0, 0.05) is 36.9 Å². The Balaban J connectivity index is 1.47. The number of carbonyl (C=O) groups excluding carboxylic acids is 2. The smallest absolute Gasteiger partial charge is 0.248 e. The van der Waals surface area contributed by atoms with E-state index in [0.717, 1.165) is 57.1 Å². The van der Waals surface area contributed by atoms with Crippen LogP contribution in [0.3, 0.4) is 0 Å². The number of hydrogen-bond acceptors (Lipinski definition) is 9. The summed E-state index contributed by atoms with van der Waals surface area (Å²) in [7, 11) is 1.95. The van der Waals surface area contributed by atoms with Crippen molar-refractivity contribution in [2.24, 2.45) is 23.5 Å². The Morgan fingerprint density at radius 1 is 1.07 bits per heavy atom. The lowest BCUT2D eigenvalue weighted by Gasteiger charge is -2.37. The van der Waals surface area contributed by atoms with Gasteiger partial charge in [0.25, 0.3) is 0 Å². The van der Waals surface area contributed by atoms with Crippen molar-refractivity contribution in [2.75, 3.05) is 35.7 Å². The lowest BCUT2D eigenvalue weighted by molar-refractivity contribution is -0.132. The van der Waals surface area contributed by atoms with Gasteiger partial charge in [-0.1, -0.05) is 53.0 Å². The predicted octanol–water partition coefficient (Wildman–Crippen LogP) is 5.19. The number of benzene rings is 1. The molecule has 2 saturated carbocycles. The van der Waals surface area contributed by atoms with Crippen LogP contribution in [0, 0.1) is 24.7 Å². The summed E-state index contributed by atoms with van der Waals surface area (Å²) in [4.78, 5) is 41.0. The summed E-state index contributed by atoms with van der Waals surface area (Å²) >= 11 is 0. The van der Waals surface area contributed by atoms with Crippen LogP contribution in [0.5, 0.6) is 0 Å². The molecule has 0 spiro atoms. The molecular formula is C33H52N8O3. The molecular weight excluding hydrogens is 556 g/mol. The molecule has 1 aromatic carbocycles. The highest BCUT2D eigenvalue weighted by Gasteiger charge is 2.33. The van der Waals surface area contributed by atoms with Crippen LogP contribution in [-0.2, 0) is 9.53 Å². The van der Waals surface area contributed by atoms with Crippen LogP contribution in [-0.4, -0.2) is 65.2 Å². The second-order valence-electron chi connectivity index (χ2n) is 13.1. The molecule has 2 amide bonds. The first-order valence-corrected chi connectivity index (χ1v) is 16.4. The van der Waals surface area contributed by atoms with Crippen molar-refractivity contribution < 1.29 is 14.3 Å². The Morgan fingerprint density at radius 3 is 2.50 bits per heavy atom. The molecule has 1 heterocycles. The third-order valence-corrected chi connectivity index (χ3v) is 9.11. The molecule has 11 nitrogen and oxygen atoms in total. The van der Waals surface area contributed by atoms with E-state index in [9.17, 15) is 9.59 Å². The SMILES string of the molecule is CCCN(C)c1nc(Nc2cc(C(N)=O)ccc2C)nc(N[C@H]2CCCC[C@H]2NC(=O)CO[C@@H]2C[C@@H](C)CC[C@H]2C(C)C)n1. The molecule has 5 N–H and O–H groups in total. The first kappa shape index (κ1) is 33.4. The standard InChI is InChI=1S/C33H52N8O3/c1-7-16-41(6)33-39-31(38-32(40-33)37-27-18-23(30(34)43)14-13-22(27)5)36-26-11-9-8-10-25(26)35-29(42)19-44-28-17-21(4)12-15-24(28)20(2)3/h13-14,18,20-21,24-26,28H,7-12,15-17,19H2,1-6H3,(H2,34,43)(H,35,42)(H2,36,37,38,39,40)/t21-,24-,25+,26-,28+/m0/s1. The minimum Gasteiger partial charge on any atom is -0.368 e. The highest BCUT2D eigenvalue weighted by Crippen LogP contribution is 2.35. The van der Waals surface area contributed by atoms with Gasteiger partial charge in [0.05, 0.1) is 6.10 Å². The monoisotopic (exact) mass is 608 g/mol. The van der Waals surface area contributed by atoms with Crippen molar-refractivity contribution in [3.63, 3.8) is 0 Å². The molecule has 0 bridgehead atoms. The van der Waals surface area contributed by atoms with E-state index in [1.807, 2.05) is 24.9 Å². The minimum absolute atomic E-state index is 0.0367. The molecule has 0 unspecified atom stereocenters. The number of primary amides is 1. The molecule has 2 aliphatic carbocycles. The largest absolute Gasteiger partial charge is 0.368 e. The summed E-state index contributed by atoms with van der Waals surface area (Å²) in [6.07, 6.45) is 8.32. The van der Waals surface area contributed by atoms with E-state index < -0.39 is 5.91 Å². The van der Waals surface area contributed by atoms with E-state index in [-0.39, 0.29) is 30.7 Å². The zero-order valence-electron chi connectivity index (χ0n) is 27.4. The molecule has 44 heavy (non-hydrogen) atoms. The molecule has 0 radical (unpaired) electrons. The van der Waals surface area contributed by atoms with Crippen molar-refractivity contribution in [1.82, 2.24) is 20.3 Å². The second-order valence-corrected chi connectivity index (χ2v) is 13.1. The van der Waals surface area contributed by atoms with Gasteiger partial charge in [-0.05, 0) is 74.5 Å². The van der Waals surface area contributed by atoms with Crippen LogP contribution < -0.4 is 26.6 Å². The summed E-state index contributed by atoms with van der Waals surface area (Å²) < 4.78 is 6.25. The molecule has 2 aromatic rings. The summed E-state index contributed by atoms with van der Waals surface area (Å²) in [5, 5.41) is 10.0. The van der Waals surface area contributed by atoms with Gasteiger partial charge in [0.2, 0.25) is 29.7 Å². The molecule has 0 saturated heterocycles. The fourth-order valence-electron chi connectivity index (χ4n) is 6.50. The number of nitrogens with one attached hydrogen (secondary N) is 3. The Bertz CT molecular complexity index is 1270. The van der Waals surface area contributed by atoms with Gasteiger partial charge in [-0.25, -0.2) is 0 Å². The summed E-state index contributed by atoms with van der Waals surface area (Å²) in [5.41, 5.74) is 7.53. The average molecular weight is 609 g/mol. The number of aryl methyl sites for hydroxylation is 1. The van der Waals surface area contributed by atoms with Crippen LogP contribution >= 0.6 is 0 Å². The average Bonchev–Trinajstić information content (AvgIpc) is 2.98. The number of hydrogen-bond donors (Lipinski definition) is 4. The number of amides is 2. The van der Waals surface area contributed by atoms with Crippen molar-refractivity contribution in [3.8, 4) is 0 Å². The zero-order valence-corrected chi connectivity index (χ0v) is 27.4. The van der Waals surface area contributed by atoms with E-state index >= 15 is 0 Å². The van der Waals surface area contributed by atoms with Crippen LogP contribution in [0.2, 0.25) is 0 Å². The zero-order chi connectivity index (χ0) is 31.8. The minimum atomic E-state index is -0.502. The molecule has 2 fully saturated rings. The number of ether oxygens (including phenoxy) is 1. The fourth-order valence-corrected chi connectivity index (χ4v) is 6.50. The maximum Gasteiger partial charge on any atom is 0.248 e. The third kappa shape index (κ3) is 9.03. The van der Waals surface area contributed by atoms with Crippen molar-refractivity contribution in [1.29, 1.82) is 0 Å². The van der Waals surface area contributed by atoms with Crippen molar-refractivity contribution in [3.05, 3.63) is 29.3 Å². The maximum absolute atomic E-state index is 13.1. The van der Waals surface area contributed by atoms with Gasteiger partial charge >= 0.3 is 0 Å². The van der Waals surface area contributed by atoms with Gasteiger partial charge in [-0.2, -0.15) is 15.0 Å². The van der Waals surface area contributed by atoms with Gasteiger partial charge in [-0.15, -0.1) is 0 Å². The number of rotatable bonds is 13. The molecule has 1 aromatic heterocycles. The van der Waals surface area contributed by atoms with Crippen molar-refractivity contribution in [2.45, 2.75) is 104 Å². The van der Waals surface area contributed by atoms with Gasteiger partial charge in [0.1, 0.15) is 6.61 Å².